The minimum atomic E-state index is -1.42. The van der Waals surface area contributed by atoms with Crippen molar-refractivity contribution in [2.24, 2.45) is 5.92 Å². The quantitative estimate of drug-likeness (QED) is 0.305. The van der Waals surface area contributed by atoms with Crippen LogP contribution < -0.4 is 0 Å². The van der Waals surface area contributed by atoms with Gasteiger partial charge in [0.25, 0.3) is 0 Å². The molecule has 0 radical (unpaired) electrons. The van der Waals surface area contributed by atoms with Crippen LogP contribution in [0, 0.1) is 5.92 Å². The maximum atomic E-state index is 12.0. The summed E-state index contributed by atoms with van der Waals surface area (Å²) in [6.07, 6.45) is -0.531. The molecule has 0 aliphatic rings. The average molecular weight is 290 g/mol. The van der Waals surface area contributed by atoms with Gasteiger partial charge in [0.05, 0.1) is 34.2 Å². The van der Waals surface area contributed by atoms with Gasteiger partial charge in [-0.05, 0) is 6.92 Å². The molecule has 0 bridgehead atoms. The number of esters is 2. The number of carboxylic acid groups (broad SMARTS) is 1. The highest BCUT2D eigenvalue weighted by molar-refractivity contribution is 5.97. The third-order valence-electron chi connectivity index (χ3n) is 2.70. The molecular formula is C13H24NO6+. The van der Waals surface area contributed by atoms with Crippen LogP contribution in [-0.2, 0) is 23.9 Å². The summed E-state index contributed by atoms with van der Waals surface area (Å²) in [7, 11) is 5.54. The predicted molar refractivity (Wildman–Crippen MR) is 70.6 cm³/mol. The molecule has 0 aliphatic heterocycles. The van der Waals surface area contributed by atoms with Gasteiger partial charge in [-0.1, -0.05) is 6.92 Å². The van der Waals surface area contributed by atoms with Crippen molar-refractivity contribution in [3.63, 3.8) is 0 Å². The predicted octanol–water partition coefficient (Wildman–Crippen LogP) is 0.626. The monoisotopic (exact) mass is 290 g/mol. The molecule has 0 aromatic carbocycles. The Bertz CT molecular complexity index is 360. The Balaban J connectivity index is 4.94. The molecule has 0 aromatic heterocycles. The Hall–Kier alpha value is -1.63. The number of quaternary nitrogens is 1. The smallest absolute Gasteiger partial charge is 0.325 e. The molecule has 0 rings (SSSR count). The van der Waals surface area contributed by atoms with Crippen LogP contribution in [0.15, 0.2) is 0 Å². The van der Waals surface area contributed by atoms with Gasteiger partial charge in [0, 0.05) is 6.42 Å². The van der Waals surface area contributed by atoms with Gasteiger partial charge in [-0.3, -0.25) is 18.9 Å². The van der Waals surface area contributed by atoms with Gasteiger partial charge >= 0.3 is 17.9 Å². The van der Waals surface area contributed by atoms with Gasteiger partial charge in [0.2, 0.25) is 6.23 Å². The molecule has 116 valence electrons. The molecule has 0 fully saturated rings. The van der Waals surface area contributed by atoms with E-state index in [1.165, 1.54) is 0 Å². The Morgan fingerprint density at radius 3 is 2.00 bits per heavy atom. The van der Waals surface area contributed by atoms with Crippen molar-refractivity contribution in [3.05, 3.63) is 0 Å². The van der Waals surface area contributed by atoms with Crippen LogP contribution in [0.3, 0.4) is 0 Å². The van der Waals surface area contributed by atoms with Crippen molar-refractivity contribution < 1.29 is 33.4 Å². The number of hydrogen-bond donors (Lipinski definition) is 1. The fourth-order valence-corrected chi connectivity index (χ4v) is 1.69. The van der Waals surface area contributed by atoms with Gasteiger partial charge in [0.1, 0.15) is 0 Å². The van der Waals surface area contributed by atoms with Crippen LogP contribution >= 0.6 is 0 Å². The standard InChI is InChI=1S/C13H23NO6/c1-6-10(14(3,4)5)20-13(18)9(8-11(15)16)12(17)19-7-2/h9-10H,6-8H2,1-5H3/p+1. The van der Waals surface area contributed by atoms with Crippen LogP contribution in [0.1, 0.15) is 26.7 Å². The molecule has 0 saturated carbocycles. The molecule has 0 saturated heterocycles. The summed E-state index contributed by atoms with van der Waals surface area (Å²) in [6, 6.07) is 0. The second kappa shape index (κ2) is 7.84. The van der Waals surface area contributed by atoms with E-state index in [4.69, 9.17) is 14.6 Å². The lowest BCUT2D eigenvalue weighted by Gasteiger charge is -2.33. The second-order valence-electron chi connectivity index (χ2n) is 5.32. The van der Waals surface area contributed by atoms with E-state index in [0.29, 0.717) is 10.9 Å². The van der Waals surface area contributed by atoms with Crippen molar-refractivity contribution in [1.82, 2.24) is 0 Å². The van der Waals surface area contributed by atoms with Crippen LogP contribution in [0.2, 0.25) is 0 Å². The molecule has 2 atom stereocenters. The maximum Gasteiger partial charge on any atom is 0.325 e. The number of carbonyl (C=O) groups is 3. The van der Waals surface area contributed by atoms with Crippen LogP contribution in [0.4, 0.5) is 0 Å². The molecule has 20 heavy (non-hydrogen) atoms. The van der Waals surface area contributed by atoms with Crippen LogP contribution in [-0.4, -0.2) is 61.5 Å². The minimum Gasteiger partial charge on any atom is -0.481 e. The number of hydrogen-bond acceptors (Lipinski definition) is 5. The zero-order valence-corrected chi connectivity index (χ0v) is 12.7. The minimum absolute atomic E-state index is 0.0781. The van der Waals surface area contributed by atoms with Crippen molar-refractivity contribution >= 4 is 17.9 Å². The zero-order valence-electron chi connectivity index (χ0n) is 12.7. The molecule has 2 unspecified atom stereocenters. The Labute approximate surface area is 119 Å². The molecule has 7 nitrogen and oxygen atoms in total. The molecule has 0 amide bonds. The largest absolute Gasteiger partial charge is 0.481 e. The normalized spacial score (nSPS) is 14.2. The highest BCUT2D eigenvalue weighted by atomic mass is 16.6. The van der Waals surface area contributed by atoms with E-state index in [0.717, 1.165) is 0 Å². The topological polar surface area (TPSA) is 89.9 Å². The first kappa shape index (κ1) is 18.4. The lowest BCUT2D eigenvalue weighted by atomic mass is 10.1. The number of carboxylic acids is 1. The molecule has 0 spiro atoms. The summed E-state index contributed by atoms with van der Waals surface area (Å²) in [5.41, 5.74) is 0. The number of aliphatic carboxylic acids is 1. The van der Waals surface area contributed by atoms with Gasteiger partial charge in [-0.2, -0.15) is 0 Å². The van der Waals surface area contributed by atoms with Crippen molar-refractivity contribution in [3.8, 4) is 0 Å². The number of ether oxygens (including phenoxy) is 2. The summed E-state index contributed by atoms with van der Waals surface area (Å²) >= 11 is 0. The fraction of sp³-hybridized carbons (Fsp3) is 0.769. The highest BCUT2D eigenvalue weighted by Crippen LogP contribution is 2.15. The molecule has 0 aromatic rings. The van der Waals surface area contributed by atoms with Crippen LogP contribution in [0.5, 0.6) is 0 Å². The van der Waals surface area contributed by atoms with E-state index < -0.39 is 36.5 Å². The first-order valence-corrected chi connectivity index (χ1v) is 6.53. The summed E-state index contributed by atoms with van der Waals surface area (Å²) < 4.78 is 10.3. The summed E-state index contributed by atoms with van der Waals surface area (Å²) in [4.78, 5) is 34.4. The SMILES string of the molecule is CCOC(=O)C(CC(=O)O)C(=O)OC(CC)[N+](C)(C)C. The van der Waals surface area contributed by atoms with E-state index in [-0.39, 0.29) is 6.61 Å². The van der Waals surface area contributed by atoms with Crippen molar-refractivity contribution in [1.29, 1.82) is 0 Å². The molecular weight excluding hydrogens is 266 g/mol. The van der Waals surface area contributed by atoms with Gasteiger partial charge in [-0.15, -0.1) is 0 Å². The molecule has 0 aliphatic carbocycles. The average Bonchev–Trinajstić information content (AvgIpc) is 2.31. The lowest BCUT2D eigenvalue weighted by Crippen LogP contribution is -2.48. The van der Waals surface area contributed by atoms with E-state index in [1.807, 2.05) is 28.1 Å². The van der Waals surface area contributed by atoms with Crippen LogP contribution in [0.25, 0.3) is 0 Å². The zero-order chi connectivity index (χ0) is 15.9. The lowest BCUT2D eigenvalue weighted by molar-refractivity contribution is -0.917. The van der Waals surface area contributed by atoms with E-state index >= 15 is 0 Å². The van der Waals surface area contributed by atoms with Gasteiger partial charge < -0.3 is 14.6 Å². The number of carbonyl (C=O) groups excluding carboxylic acids is 2. The second-order valence-corrected chi connectivity index (χ2v) is 5.32. The number of rotatable bonds is 8. The first-order chi connectivity index (χ1) is 9.13. The van der Waals surface area contributed by atoms with Gasteiger partial charge in [0.15, 0.2) is 5.92 Å². The van der Waals surface area contributed by atoms with Crippen molar-refractivity contribution in [2.75, 3.05) is 27.7 Å². The fourth-order valence-electron chi connectivity index (χ4n) is 1.69. The third-order valence-corrected chi connectivity index (χ3v) is 2.70. The molecule has 0 heterocycles. The Kier molecular flexibility index (Phi) is 7.20. The molecule has 1 N–H and O–H groups in total. The summed E-state index contributed by atoms with van der Waals surface area (Å²) in [5, 5.41) is 8.78. The third kappa shape index (κ3) is 6.01. The van der Waals surface area contributed by atoms with Gasteiger partial charge in [-0.25, -0.2) is 0 Å². The molecule has 7 heteroatoms. The van der Waals surface area contributed by atoms with E-state index in [2.05, 4.69) is 0 Å². The Morgan fingerprint density at radius 2 is 1.65 bits per heavy atom. The summed E-state index contributed by atoms with van der Waals surface area (Å²) in [5.74, 6) is -4.40. The maximum absolute atomic E-state index is 12.0. The van der Waals surface area contributed by atoms with Crippen molar-refractivity contribution in [2.45, 2.75) is 32.9 Å². The van der Waals surface area contributed by atoms with E-state index in [9.17, 15) is 14.4 Å². The van der Waals surface area contributed by atoms with E-state index in [1.54, 1.807) is 6.92 Å². The number of nitrogens with zero attached hydrogens (tertiary/aromatic N) is 1. The Morgan fingerprint density at radius 1 is 1.10 bits per heavy atom. The highest BCUT2D eigenvalue weighted by Gasteiger charge is 2.36. The summed E-state index contributed by atoms with van der Waals surface area (Å²) in [6.45, 7) is 3.51. The first-order valence-electron chi connectivity index (χ1n) is 6.53.